The van der Waals surface area contributed by atoms with Crippen molar-refractivity contribution in [3.8, 4) is 5.75 Å². The Hall–Kier alpha value is -2.08. The third-order valence-corrected chi connectivity index (χ3v) is 5.32. The van der Waals surface area contributed by atoms with Crippen LogP contribution in [0.3, 0.4) is 0 Å². The van der Waals surface area contributed by atoms with Gasteiger partial charge in [0, 0.05) is 6.42 Å². The van der Waals surface area contributed by atoms with Crippen LogP contribution in [0.5, 0.6) is 5.75 Å². The molecule has 0 aromatic heterocycles. The predicted molar refractivity (Wildman–Crippen MR) is 97.0 cm³/mol. The predicted octanol–water partition coefficient (Wildman–Crippen LogP) is 4.28. The molecular formula is C19H21NO4S. The van der Waals surface area contributed by atoms with E-state index in [-0.39, 0.29) is 11.2 Å². The van der Waals surface area contributed by atoms with Gasteiger partial charge < -0.3 is 4.74 Å². The Balaban J connectivity index is 1.56. The van der Waals surface area contributed by atoms with Gasteiger partial charge in [-0.2, -0.15) is 0 Å². The van der Waals surface area contributed by atoms with Crippen LogP contribution in [0.25, 0.3) is 6.08 Å². The number of carbonyl (C=O) groups excluding carboxylic acids is 3. The van der Waals surface area contributed by atoms with E-state index >= 15 is 0 Å². The largest absolute Gasteiger partial charge is 0.427 e. The Labute approximate surface area is 151 Å². The summed E-state index contributed by atoms with van der Waals surface area (Å²) in [5, 5.41) is 1.84. The number of benzene rings is 1. The number of thioether (sulfide) groups is 1. The van der Waals surface area contributed by atoms with E-state index in [1.807, 2.05) is 0 Å². The Morgan fingerprint density at radius 3 is 2.76 bits per heavy atom. The molecule has 132 valence electrons. The second kappa shape index (κ2) is 8.34. The van der Waals surface area contributed by atoms with E-state index in [1.165, 1.54) is 32.1 Å². The fourth-order valence-electron chi connectivity index (χ4n) is 3.22. The molecule has 6 heteroatoms. The number of amides is 2. The molecule has 2 aliphatic rings. The molecule has 2 fully saturated rings. The minimum absolute atomic E-state index is 0.224. The Bertz CT molecular complexity index is 707. The van der Waals surface area contributed by atoms with Crippen LogP contribution in [0.2, 0.25) is 0 Å². The van der Waals surface area contributed by atoms with Crippen molar-refractivity contribution >= 4 is 35.0 Å². The zero-order valence-electron chi connectivity index (χ0n) is 14.0. The summed E-state index contributed by atoms with van der Waals surface area (Å²) in [5.74, 6) is 0.481. The number of carbonyl (C=O) groups is 3. The van der Waals surface area contributed by atoms with Crippen LogP contribution in [-0.4, -0.2) is 17.1 Å². The topological polar surface area (TPSA) is 72.5 Å². The van der Waals surface area contributed by atoms with Gasteiger partial charge in [0.15, 0.2) is 0 Å². The second-order valence-electron chi connectivity index (χ2n) is 6.44. The van der Waals surface area contributed by atoms with Crippen LogP contribution < -0.4 is 10.1 Å². The molecule has 1 aromatic carbocycles. The number of rotatable bonds is 5. The van der Waals surface area contributed by atoms with Crippen LogP contribution in [0.1, 0.15) is 50.5 Å². The smallest absolute Gasteiger partial charge is 0.311 e. The summed E-state index contributed by atoms with van der Waals surface area (Å²) in [5.41, 5.74) is 0.713. The van der Waals surface area contributed by atoms with E-state index in [9.17, 15) is 14.4 Å². The first kappa shape index (κ1) is 17.7. The first-order valence-corrected chi connectivity index (χ1v) is 9.47. The van der Waals surface area contributed by atoms with Crippen LogP contribution in [0.4, 0.5) is 4.79 Å². The number of imide groups is 1. The van der Waals surface area contributed by atoms with E-state index in [4.69, 9.17) is 4.74 Å². The molecule has 1 heterocycles. The SMILES string of the molecule is O=C(CCC1CCCCC1)Oc1cccc(/C=C2\SC(=O)NC2=O)c1. The fourth-order valence-corrected chi connectivity index (χ4v) is 3.90. The lowest BCUT2D eigenvalue weighted by Gasteiger charge is -2.20. The highest BCUT2D eigenvalue weighted by Crippen LogP contribution is 2.28. The van der Waals surface area contributed by atoms with Crippen molar-refractivity contribution in [2.75, 3.05) is 0 Å². The van der Waals surface area contributed by atoms with Crippen molar-refractivity contribution in [1.82, 2.24) is 5.32 Å². The summed E-state index contributed by atoms with van der Waals surface area (Å²) in [6, 6.07) is 6.97. The molecule has 1 saturated heterocycles. The van der Waals surface area contributed by atoms with Crippen molar-refractivity contribution in [1.29, 1.82) is 0 Å². The van der Waals surface area contributed by atoms with Gasteiger partial charge in [-0.15, -0.1) is 0 Å². The third-order valence-electron chi connectivity index (χ3n) is 4.51. The molecule has 5 nitrogen and oxygen atoms in total. The van der Waals surface area contributed by atoms with Gasteiger partial charge in [0.2, 0.25) is 0 Å². The summed E-state index contributed by atoms with van der Waals surface area (Å²) < 4.78 is 5.42. The van der Waals surface area contributed by atoms with Crippen LogP contribution in [-0.2, 0) is 9.59 Å². The highest BCUT2D eigenvalue weighted by molar-refractivity contribution is 8.18. The van der Waals surface area contributed by atoms with Crippen molar-refractivity contribution in [3.05, 3.63) is 34.7 Å². The first-order chi connectivity index (χ1) is 12.1. The molecular weight excluding hydrogens is 338 g/mol. The van der Waals surface area contributed by atoms with Gasteiger partial charge >= 0.3 is 5.97 Å². The molecule has 1 aliphatic carbocycles. The van der Waals surface area contributed by atoms with Crippen LogP contribution in [0, 0.1) is 5.92 Å². The summed E-state index contributed by atoms with van der Waals surface area (Å²) in [4.78, 5) is 35.2. The lowest BCUT2D eigenvalue weighted by atomic mass is 9.86. The highest BCUT2D eigenvalue weighted by Gasteiger charge is 2.25. The molecule has 0 radical (unpaired) electrons. The van der Waals surface area contributed by atoms with E-state index in [2.05, 4.69) is 5.32 Å². The summed E-state index contributed by atoms with van der Waals surface area (Å²) in [6.07, 6.45) is 9.22. The molecule has 1 aromatic rings. The van der Waals surface area contributed by atoms with Crippen molar-refractivity contribution in [3.63, 3.8) is 0 Å². The number of nitrogens with one attached hydrogen (secondary N) is 1. The number of esters is 1. The second-order valence-corrected chi connectivity index (χ2v) is 7.46. The molecule has 2 amide bonds. The fraction of sp³-hybridized carbons (Fsp3) is 0.421. The Kier molecular flexibility index (Phi) is 5.91. The van der Waals surface area contributed by atoms with Crippen molar-refractivity contribution in [2.24, 2.45) is 5.92 Å². The zero-order chi connectivity index (χ0) is 17.6. The van der Waals surface area contributed by atoms with E-state index in [0.29, 0.717) is 28.6 Å². The minimum atomic E-state index is -0.398. The van der Waals surface area contributed by atoms with Crippen LogP contribution in [0.15, 0.2) is 29.2 Å². The van der Waals surface area contributed by atoms with Gasteiger partial charge in [-0.25, -0.2) is 0 Å². The lowest BCUT2D eigenvalue weighted by molar-refractivity contribution is -0.134. The highest BCUT2D eigenvalue weighted by atomic mass is 32.2. The normalized spacial score (nSPS) is 19.9. The average Bonchev–Trinajstić information content (AvgIpc) is 2.91. The monoisotopic (exact) mass is 359 g/mol. The van der Waals surface area contributed by atoms with Gasteiger partial charge in [-0.1, -0.05) is 44.2 Å². The maximum Gasteiger partial charge on any atom is 0.311 e. The minimum Gasteiger partial charge on any atom is -0.427 e. The lowest BCUT2D eigenvalue weighted by Crippen LogP contribution is -2.17. The molecule has 25 heavy (non-hydrogen) atoms. The average molecular weight is 359 g/mol. The van der Waals surface area contributed by atoms with Crippen molar-refractivity contribution < 1.29 is 19.1 Å². The van der Waals surface area contributed by atoms with Gasteiger partial charge in [0.1, 0.15) is 5.75 Å². The summed E-state index contributed by atoms with van der Waals surface area (Å²) in [7, 11) is 0. The van der Waals surface area contributed by atoms with Gasteiger partial charge in [0.05, 0.1) is 4.91 Å². The molecule has 1 N–H and O–H groups in total. The van der Waals surface area contributed by atoms with E-state index < -0.39 is 5.91 Å². The summed E-state index contributed by atoms with van der Waals surface area (Å²) >= 11 is 0.866. The van der Waals surface area contributed by atoms with Gasteiger partial charge in [0.25, 0.3) is 11.1 Å². The van der Waals surface area contributed by atoms with Crippen molar-refractivity contribution in [2.45, 2.75) is 44.9 Å². The molecule has 1 aliphatic heterocycles. The first-order valence-electron chi connectivity index (χ1n) is 8.66. The molecule has 1 saturated carbocycles. The number of hydrogen-bond donors (Lipinski definition) is 1. The molecule has 3 rings (SSSR count). The van der Waals surface area contributed by atoms with Gasteiger partial charge in [-0.3, -0.25) is 19.7 Å². The Morgan fingerprint density at radius 1 is 1.24 bits per heavy atom. The number of ether oxygens (including phenoxy) is 1. The molecule has 0 unspecified atom stereocenters. The quantitative estimate of drug-likeness (QED) is 0.483. The molecule has 0 atom stereocenters. The Morgan fingerprint density at radius 2 is 2.04 bits per heavy atom. The third kappa shape index (κ3) is 5.19. The maximum atomic E-state index is 12.1. The van der Waals surface area contributed by atoms with Crippen LogP contribution >= 0.6 is 11.8 Å². The van der Waals surface area contributed by atoms with E-state index in [0.717, 1.165) is 18.2 Å². The standard InChI is InChI=1S/C19H21NO4S/c21-17(10-9-13-5-2-1-3-6-13)24-15-8-4-7-14(11-15)12-16-18(22)20-19(23)25-16/h4,7-8,11-13H,1-3,5-6,9-10H2,(H,20,22,23)/b16-12-. The zero-order valence-corrected chi connectivity index (χ0v) is 14.8. The number of hydrogen-bond acceptors (Lipinski definition) is 5. The molecule has 0 spiro atoms. The van der Waals surface area contributed by atoms with E-state index in [1.54, 1.807) is 30.3 Å². The maximum absolute atomic E-state index is 12.1. The van der Waals surface area contributed by atoms with Gasteiger partial charge in [-0.05, 0) is 47.9 Å². The summed E-state index contributed by atoms with van der Waals surface area (Å²) in [6.45, 7) is 0. The molecule has 0 bridgehead atoms.